The SMILES string of the molecule is CC/C=C\C/C=C\C/C=C\CCCCCCCC(=O)OCC[C@H](CC[C@@H](C)[C@H]1CC[C@H]2[C@@H]3CCC4CCCC[C@]4(C)[C@H]3CC[C@]12C)C(C)C. The Hall–Kier alpha value is -1.31. The third kappa shape index (κ3) is 11.3. The van der Waals surface area contributed by atoms with Crippen LogP contribution in [0.3, 0.4) is 0 Å². The molecule has 0 aromatic carbocycles. The molecular weight excluding hydrogens is 597 g/mol. The Morgan fingerprint density at radius 1 is 0.714 bits per heavy atom. The molecule has 2 nitrogen and oxygen atoms in total. The van der Waals surface area contributed by atoms with Crippen LogP contribution in [-0.2, 0) is 9.53 Å². The molecule has 4 fully saturated rings. The molecule has 0 aromatic heterocycles. The Kier molecular flexibility index (Phi) is 17.1. The van der Waals surface area contributed by atoms with Crippen LogP contribution in [0.4, 0.5) is 0 Å². The molecule has 0 heterocycles. The topological polar surface area (TPSA) is 26.3 Å². The highest BCUT2D eigenvalue weighted by atomic mass is 16.5. The lowest BCUT2D eigenvalue weighted by atomic mass is 9.44. The smallest absolute Gasteiger partial charge is 0.305 e. The molecule has 0 aliphatic heterocycles. The van der Waals surface area contributed by atoms with Gasteiger partial charge in [-0.2, -0.15) is 0 Å². The first-order valence-electron chi connectivity index (χ1n) is 21.8. The Bertz CT molecular complexity index is 1040. The van der Waals surface area contributed by atoms with Crippen LogP contribution >= 0.6 is 0 Å². The van der Waals surface area contributed by atoms with Gasteiger partial charge in [-0.05, 0) is 161 Å². The number of rotatable bonds is 21. The standard InChI is InChI=1S/C47H80O2/c1-7-8-9-10-11-12-13-14-15-16-17-18-19-20-21-25-45(48)49-36-33-39(37(2)3)27-26-38(4)42-30-31-43-41-29-28-40-24-22-23-34-46(40,5)44(41)32-35-47(42,43)6/h8-9,11-12,14-15,37-44H,7,10,13,16-36H2,1-6H3/b9-8-,12-11-,15-14-/t38-,39+,40?,41+,42-,43+,44+,46+,47-/m1/s1. The van der Waals surface area contributed by atoms with Crippen molar-refractivity contribution < 1.29 is 9.53 Å². The molecule has 0 amide bonds. The molecule has 0 N–H and O–H groups in total. The van der Waals surface area contributed by atoms with Crippen molar-refractivity contribution in [1.82, 2.24) is 0 Å². The van der Waals surface area contributed by atoms with E-state index in [2.05, 4.69) is 78.0 Å². The van der Waals surface area contributed by atoms with Crippen molar-refractivity contribution in [1.29, 1.82) is 0 Å². The van der Waals surface area contributed by atoms with Crippen LogP contribution in [0, 0.1) is 58.2 Å². The van der Waals surface area contributed by atoms with Crippen molar-refractivity contribution in [2.45, 2.75) is 189 Å². The Morgan fingerprint density at radius 2 is 1.43 bits per heavy atom. The molecule has 4 rings (SSSR count). The van der Waals surface area contributed by atoms with Gasteiger partial charge < -0.3 is 4.74 Å². The second-order valence-electron chi connectivity index (χ2n) is 18.3. The molecule has 4 saturated carbocycles. The first-order valence-corrected chi connectivity index (χ1v) is 21.8. The quantitative estimate of drug-likeness (QED) is 0.0687. The first-order chi connectivity index (χ1) is 23.7. The van der Waals surface area contributed by atoms with Gasteiger partial charge in [0, 0.05) is 6.42 Å². The predicted molar refractivity (Wildman–Crippen MR) is 211 cm³/mol. The molecule has 4 aliphatic rings. The van der Waals surface area contributed by atoms with Crippen LogP contribution in [0.15, 0.2) is 36.5 Å². The summed E-state index contributed by atoms with van der Waals surface area (Å²) in [6, 6.07) is 0. The molecule has 0 radical (unpaired) electrons. The summed E-state index contributed by atoms with van der Waals surface area (Å²) in [6.07, 6.45) is 43.1. The van der Waals surface area contributed by atoms with E-state index in [4.69, 9.17) is 4.74 Å². The van der Waals surface area contributed by atoms with Gasteiger partial charge in [0.25, 0.3) is 0 Å². The van der Waals surface area contributed by atoms with E-state index >= 15 is 0 Å². The second-order valence-corrected chi connectivity index (χ2v) is 18.3. The minimum Gasteiger partial charge on any atom is -0.466 e. The zero-order valence-electron chi connectivity index (χ0n) is 33.4. The number of allylic oxidation sites excluding steroid dienone is 6. The summed E-state index contributed by atoms with van der Waals surface area (Å²) in [5, 5.41) is 0. The highest BCUT2D eigenvalue weighted by Gasteiger charge is 2.60. The van der Waals surface area contributed by atoms with Gasteiger partial charge in [-0.3, -0.25) is 4.79 Å². The summed E-state index contributed by atoms with van der Waals surface area (Å²) >= 11 is 0. The van der Waals surface area contributed by atoms with Crippen LogP contribution in [0.5, 0.6) is 0 Å². The maximum Gasteiger partial charge on any atom is 0.305 e. The van der Waals surface area contributed by atoms with E-state index in [9.17, 15) is 4.79 Å². The van der Waals surface area contributed by atoms with E-state index in [0.717, 1.165) is 74.0 Å². The molecule has 2 heteroatoms. The number of carbonyl (C=O) groups is 1. The average molecular weight is 677 g/mol. The number of fused-ring (bicyclic) bond motifs is 5. The van der Waals surface area contributed by atoms with Crippen molar-refractivity contribution in [3.63, 3.8) is 0 Å². The number of ether oxygens (including phenoxy) is 1. The van der Waals surface area contributed by atoms with Crippen molar-refractivity contribution in [3.05, 3.63) is 36.5 Å². The average Bonchev–Trinajstić information content (AvgIpc) is 3.44. The summed E-state index contributed by atoms with van der Waals surface area (Å²) in [6.45, 7) is 15.6. The fourth-order valence-corrected chi connectivity index (χ4v) is 12.0. The van der Waals surface area contributed by atoms with E-state index in [0.29, 0.717) is 35.7 Å². The normalized spacial score (nSPS) is 32.8. The maximum atomic E-state index is 12.5. The number of esters is 1. The van der Waals surface area contributed by atoms with Gasteiger partial charge in [0.05, 0.1) is 6.61 Å². The van der Waals surface area contributed by atoms with Crippen LogP contribution in [0.2, 0.25) is 0 Å². The molecule has 49 heavy (non-hydrogen) atoms. The molecular formula is C47H80O2. The Morgan fingerprint density at radius 3 is 2.20 bits per heavy atom. The molecule has 0 bridgehead atoms. The van der Waals surface area contributed by atoms with Gasteiger partial charge in [0.2, 0.25) is 0 Å². The zero-order valence-corrected chi connectivity index (χ0v) is 33.4. The van der Waals surface area contributed by atoms with Gasteiger partial charge in [0.1, 0.15) is 0 Å². The molecule has 1 unspecified atom stereocenters. The maximum absolute atomic E-state index is 12.5. The van der Waals surface area contributed by atoms with Crippen LogP contribution < -0.4 is 0 Å². The van der Waals surface area contributed by atoms with E-state index < -0.39 is 0 Å². The third-order valence-electron chi connectivity index (χ3n) is 15.1. The fraction of sp³-hybridized carbons (Fsp3) is 0.851. The Labute approximate surface area is 305 Å². The Balaban J connectivity index is 1.07. The van der Waals surface area contributed by atoms with Gasteiger partial charge in [-0.1, -0.05) is 117 Å². The lowest BCUT2D eigenvalue weighted by Crippen LogP contribution is -2.53. The molecule has 0 saturated heterocycles. The number of hydrogen-bond donors (Lipinski definition) is 0. The summed E-state index contributed by atoms with van der Waals surface area (Å²) < 4.78 is 5.77. The van der Waals surface area contributed by atoms with Crippen LogP contribution in [0.1, 0.15) is 189 Å². The van der Waals surface area contributed by atoms with Gasteiger partial charge in [0.15, 0.2) is 0 Å². The largest absolute Gasteiger partial charge is 0.466 e. The predicted octanol–water partition coefficient (Wildman–Crippen LogP) is 14.2. The van der Waals surface area contributed by atoms with Gasteiger partial charge in [-0.15, -0.1) is 0 Å². The number of carbonyl (C=O) groups excluding carboxylic acids is 1. The van der Waals surface area contributed by atoms with Crippen molar-refractivity contribution in [2.75, 3.05) is 6.61 Å². The van der Waals surface area contributed by atoms with Crippen LogP contribution in [0.25, 0.3) is 0 Å². The van der Waals surface area contributed by atoms with Crippen molar-refractivity contribution >= 4 is 5.97 Å². The first kappa shape index (κ1) is 40.5. The highest BCUT2D eigenvalue weighted by molar-refractivity contribution is 5.69. The minimum absolute atomic E-state index is 0.0219. The molecule has 280 valence electrons. The zero-order chi connectivity index (χ0) is 35.1. The van der Waals surface area contributed by atoms with E-state index in [1.165, 1.54) is 103 Å². The van der Waals surface area contributed by atoms with E-state index in [-0.39, 0.29) is 5.97 Å². The van der Waals surface area contributed by atoms with E-state index in [1.54, 1.807) is 0 Å². The minimum atomic E-state index is 0.0219. The third-order valence-corrected chi connectivity index (χ3v) is 15.1. The highest BCUT2D eigenvalue weighted by Crippen LogP contribution is 2.68. The summed E-state index contributed by atoms with van der Waals surface area (Å²) in [7, 11) is 0. The number of hydrogen-bond acceptors (Lipinski definition) is 2. The fourth-order valence-electron chi connectivity index (χ4n) is 12.0. The number of unbranched alkanes of at least 4 members (excludes halogenated alkanes) is 5. The molecule has 9 atom stereocenters. The summed E-state index contributed by atoms with van der Waals surface area (Å²) in [4.78, 5) is 12.5. The summed E-state index contributed by atoms with van der Waals surface area (Å²) in [5.41, 5.74) is 1.22. The van der Waals surface area contributed by atoms with E-state index in [1.807, 2.05) is 0 Å². The second kappa shape index (κ2) is 20.7. The van der Waals surface area contributed by atoms with Gasteiger partial charge in [-0.25, -0.2) is 0 Å². The van der Waals surface area contributed by atoms with Crippen LogP contribution in [-0.4, -0.2) is 12.6 Å². The van der Waals surface area contributed by atoms with Crippen molar-refractivity contribution in [2.24, 2.45) is 58.2 Å². The monoisotopic (exact) mass is 677 g/mol. The molecule has 0 aromatic rings. The molecule has 0 spiro atoms. The molecule has 4 aliphatic carbocycles. The van der Waals surface area contributed by atoms with Gasteiger partial charge >= 0.3 is 5.97 Å². The lowest BCUT2D eigenvalue weighted by molar-refractivity contribution is -0.144. The summed E-state index contributed by atoms with van der Waals surface area (Å²) in [5.74, 6) is 7.09. The lowest BCUT2D eigenvalue weighted by Gasteiger charge is -2.61. The van der Waals surface area contributed by atoms with Crippen molar-refractivity contribution in [3.8, 4) is 0 Å².